The summed E-state index contributed by atoms with van der Waals surface area (Å²) in [6, 6.07) is 0. The second-order valence-electron chi connectivity index (χ2n) is 8.36. The molecular weight excluding hydrogens is 304 g/mol. The topological polar surface area (TPSA) is 15.6 Å². The molecule has 2 nitrogen and oxygen atoms in total. The zero-order chi connectivity index (χ0) is 19.0. The van der Waals surface area contributed by atoms with Crippen molar-refractivity contribution >= 4 is 6.34 Å². The SMILES string of the molecule is C=C(CC1CCC(C(C)C)CC1)/C(C)=C\C(/N=C/N(C)CC)=C(C)C. The third-order valence-electron chi connectivity index (χ3n) is 5.69. The second kappa shape index (κ2) is 10.6. The Labute approximate surface area is 156 Å². The van der Waals surface area contributed by atoms with E-state index in [-0.39, 0.29) is 0 Å². The molecule has 0 heterocycles. The maximum absolute atomic E-state index is 4.66. The Hall–Kier alpha value is -1.31. The molecule has 1 fully saturated rings. The van der Waals surface area contributed by atoms with Crippen LogP contribution in [0.25, 0.3) is 0 Å². The van der Waals surface area contributed by atoms with Gasteiger partial charge in [-0.2, -0.15) is 0 Å². The second-order valence-corrected chi connectivity index (χ2v) is 8.36. The van der Waals surface area contributed by atoms with Gasteiger partial charge >= 0.3 is 0 Å². The van der Waals surface area contributed by atoms with Crippen molar-refractivity contribution in [3.63, 3.8) is 0 Å². The predicted octanol–water partition coefficient (Wildman–Crippen LogP) is 6.62. The molecule has 0 aliphatic heterocycles. The fraction of sp³-hybridized carbons (Fsp3) is 0.696. The summed E-state index contributed by atoms with van der Waals surface area (Å²) in [6.45, 7) is 18.6. The van der Waals surface area contributed by atoms with Gasteiger partial charge < -0.3 is 4.90 Å². The van der Waals surface area contributed by atoms with E-state index in [1.54, 1.807) is 0 Å². The third kappa shape index (κ3) is 7.63. The largest absolute Gasteiger partial charge is 0.366 e. The number of rotatable bonds is 8. The van der Waals surface area contributed by atoms with E-state index in [1.165, 1.54) is 42.4 Å². The lowest BCUT2D eigenvalue weighted by Gasteiger charge is -2.31. The van der Waals surface area contributed by atoms with Gasteiger partial charge in [0.1, 0.15) is 0 Å². The first-order valence-electron chi connectivity index (χ1n) is 10.0. The molecule has 0 radical (unpaired) electrons. The Morgan fingerprint density at radius 3 is 2.24 bits per heavy atom. The monoisotopic (exact) mass is 344 g/mol. The quantitative estimate of drug-likeness (QED) is 0.274. The van der Waals surface area contributed by atoms with E-state index >= 15 is 0 Å². The first-order valence-corrected chi connectivity index (χ1v) is 10.0. The van der Waals surface area contributed by atoms with Crippen LogP contribution in [0.2, 0.25) is 0 Å². The smallest absolute Gasteiger partial charge is 0.0909 e. The van der Waals surface area contributed by atoms with Gasteiger partial charge in [0.05, 0.1) is 12.0 Å². The van der Waals surface area contributed by atoms with Crippen LogP contribution in [-0.2, 0) is 0 Å². The molecule has 0 atom stereocenters. The van der Waals surface area contributed by atoms with Crippen LogP contribution in [0.15, 0.2) is 40.1 Å². The molecule has 0 amide bonds. The predicted molar refractivity (Wildman–Crippen MR) is 113 cm³/mol. The minimum absolute atomic E-state index is 0.815. The molecule has 1 aliphatic carbocycles. The lowest BCUT2D eigenvalue weighted by atomic mass is 9.75. The molecule has 142 valence electrons. The fourth-order valence-corrected chi connectivity index (χ4v) is 3.43. The molecule has 25 heavy (non-hydrogen) atoms. The van der Waals surface area contributed by atoms with Crippen LogP contribution in [-0.4, -0.2) is 24.8 Å². The van der Waals surface area contributed by atoms with Crippen molar-refractivity contribution in [2.45, 2.75) is 73.6 Å². The first-order chi connectivity index (χ1) is 11.7. The van der Waals surface area contributed by atoms with Gasteiger partial charge in [0, 0.05) is 13.6 Å². The summed E-state index contributed by atoms with van der Waals surface area (Å²) in [7, 11) is 2.05. The Kier molecular flexibility index (Phi) is 9.24. The van der Waals surface area contributed by atoms with Crippen LogP contribution in [0.4, 0.5) is 0 Å². The van der Waals surface area contributed by atoms with Gasteiger partial charge in [-0.3, -0.25) is 0 Å². The average Bonchev–Trinajstić information content (AvgIpc) is 2.58. The van der Waals surface area contributed by atoms with Crippen molar-refractivity contribution < 1.29 is 0 Å². The maximum atomic E-state index is 4.66. The minimum Gasteiger partial charge on any atom is -0.366 e. The zero-order valence-electron chi connectivity index (χ0n) is 17.7. The highest BCUT2D eigenvalue weighted by atomic mass is 15.1. The van der Waals surface area contributed by atoms with Crippen LogP contribution in [0, 0.1) is 17.8 Å². The van der Waals surface area contributed by atoms with Gasteiger partial charge in [-0.1, -0.05) is 31.6 Å². The number of allylic oxidation sites excluding steroid dienone is 4. The molecule has 2 heteroatoms. The van der Waals surface area contributed by atoms with E-state index in [2.05, 4.69) is 71.1 Å². The Morgan fingerprint density at radius 2 is 1.76 bits per heavy atom. The molecule has 0 aromatic carbocycles. The van der Waals surface area contributed by atoms with E-state index in [4.69, 9.17) is 0 Å². The Morgan fingerprint density at radius 1 is 1.16 bits per heavy atom. The number of aliphatic imine (C=N–C) groups is 1. The molecule has 0 saturated heterocycles. The van der Waals surface area contributed by atoms with Crippen LogP contribution in [0.5, 0.6) is 0 Å². The highest BCUT2D eigenvalue weighted by molar-refractivity contribution is 5.57. The van der Waals surface area contributed by atoms with E-state index in [1.807, 2.05) is 6.34 Å². The highest BCUT2D eigenvalue weighted by Crippen LogP contribution is 2.36. The van der Waals surface area contributed by atoms with Gasteiger partial charge in [0.25, 0.3) is 0 Å². The summed E-state index contributed by atoms with van der Waals surface area (Å²) in [4.78, 5) is 6.75. The molecule has 0 aromatic heterocycles. The molecule has 0 spiro atoms. The van der Waals surface area contributed by atoms with E-state index in [9.17, 15) is 0 Å². The van der Waals surface area contributed by atoms with Gasteiger partial charge in [-0.25, -0.2) is 4.99 Å². The maximum Gasteiger partial charge on any atom is 0.0909 e. The normalized spacial score (nSPS) is 21.7. The summed E-state index contributed by atoms with van der Waals surface area (Å²) >= 11 is 0. The molecule has 0 unspecified atom stereocenters. The molecule has 0 N–H and O–H groups in total. The molecule has 1 rings (SSSR count). The van der Waals surface area contributed by atoms with Crippen molar-refractivity contribution in [2.24, 2.45) is 22.7 Å². The molecule has 1 aliphatic rings. The van der Waals surface area contributed by atoms with Gasteiger partial charge in [0.15, 0.2) is 0 Å². The van der Waals surface area contributed by atoms with Crippen LogP contribution in [0.1, 0.15) is 73.6 Å². The summed E-state index contributed by atoms with van der Waals surface area (Å²) in [5.74, 6) is 2.59. The summed E-state index contributed by atoms with van der Waals surface area (Å²) < 4.78 is 0. The van der Waals surface area contributed by atoms with Crippen molar-refractivity contribution in [2.75, 3.05) is 13.6 Å². The highest BCUT2D eigenvalue weighted by Gasteiger charge is 2.23. The number of hydrogen-bond acceptors (Lipinski definition) is 1. The van der Waals surface area contributed by atoms with Crippen molar-refractivity contribution in [1.82, 2.24) is 4.90 Å². The van der Waals surface area contributed by atoms with Crippen molar-refractivity contribution in [1.29, 1.82) is 0 Å². The first kappa shape index (κ1) is 21.7. The van der Waals surface area contributed by atoms with Crippen molar-refractivity contribution in [3.05, 3.63) is 35.1 Å². The average molecular weight is 345 g/mol. The van der Waals surface area contributed by atoms with Gasteiger partial charge in [-0.15, -0.1) is 0 Å². The number of hydrogen-bond donors (Lipinski definition) is 0. The molecule has 1 saturated carbocycles. The summed E-state index contributed by atoms with van der Waals surface area (Å²) in [5, 5.41) is 0. The molecule has 0 bridgehead atoms. The lowest BCUT2D eigenvalue weighted by molar-refractivity contribution is 0.224. The van der Waals surface area contributed by atoms with E-state index in [0.717, 1.165) is 36.4 Å². The molecular formula is C23H40N2. The van der Waals surface area contributed by atoms with Crippen molar-refractivity contribution in [3.8, 4) is 0 Å². The number of nitrogens with zero attached hydrogens (tertiary/aromatic N) is 2. The van der Waals surface area contributed by atoms with E-state index < -0.39 is 0 Å². The molecule has 0 aromatic rings. The van der Waals surface area contributed by atoms with Crippen LogP contribution < -0.4 is 0 Å². The Balaban J connectivity index is 2.66. The lowest BCUT2D eigenvalue weighted by Crippen LogP contribution is -2.19. The minimum atomic E-state index is 0.815. The fourth-order valence-electron chi connectivity index (χ4n) is 3.43. The summed E-state index contributed by atoms with van der Waals surface area (Å²) in [5.41, 5.74) is 4.86. The summed E-state index contributed by atoms with van der Waals surface area (Å²) in [6.07, 6.45) is 10.8. The van der Waals surface area contributed by atoms with Crippen LogP contribution in [0.3, 0.4) is 0 Å². The van der Waals surface area contributed by atoms with Gasteiger partial charge in [-0.05, 0) is 89.2 Å². The zero-order valence-corrected chi connectivity index (χ0v) is 17.7. The Bertz CT molecular complexity index is 510. The van der Waals surface area contributed by atoms with Gasteiger partial charge in [0.2, 0.25) is 0 Å². The van der Waals surface area contributed by atoms with Crippen LogP contribution >= 0.6 is 0 Å². The third-order valence-corrected chi connectivity index (χ3v) is 5.69. The standard InChI is InChI=1S/C23H40N2/c1-9-25(8)16-24-23(18(4)5)15-20(7)19(6)14-21-10-12-22(13-11-21)17(2)3/h15-17,21-22H,6,9-14H2,1-5,7-8H3/b20-15-,24-16+. The van der Waals surface area contributed by atoms with E-state index in [0.29, 0.717) is 0 Å².